The Kier molecular flexibility index (Phi) is 6.28. The monoisotopic (exact) mass is 414 g/mol. The van der Waals surface area contributed by atoms with E-state index in [4.69, 9.17) is 11.6 Å². The van der Waals surface area contributed by atoms with Crippen molar-refractivity contribution in [2.24, 2.45) is 0 Å². The average Bonchev–Trinajstić information content (AvgIpc) is 3.10. The van der Waals surface area contributed by atoms with Crippen LogP contribution in [0.5, 0.6) is 0 Å². The number of urea groups is 1. The number of rotatable bonds is 5. The second kappa shape index (κ2) is 8.86. The van der Waals surface area contributed by atoms with E-state index in [2.05, 4.69) is 20.9 Å². The summed E-state index contributed by atoms with van der Waals surface area (Å²) < 4.78 is 0. The van der Waals surface area contributed by atoms with E-state index in [-0.39, 0.29) is 18.0 Å². The van der Waals surface area contributed by atoms with Crippen LogP contribution in [0.2, 0.25) is 5.02 Å². The van der Waals surface area contributed by atoms with Crippen LogP contribution >= 0.6 is 22.9 Å². The summed E-state index contributed by atoms with van der Waals surface area (Å²) in [5.74, 6) is -0.268. The molecule has 1 heterocycles. The normalized spacial score (nSPS) is 10.6. The molecule has 3 rings (SSSR count). The predicted octanol–water partition coefficient (Wildman–Crippen LogP) is 5.25. The Morgan fingerprint density at radius 3 is 2.32 bits per heavy atom. The van der Waals surface area contributed by atoms with Gasteiger partial charge in [0, 0.05) is 33.3 Å². The highest BCUT2D eigenvalue weighted by molar-refractivity contribution is 7.14. The molecule has 0 bridgehead atoms. The standard InChI is InChI=1S/C20H19ClN4O2S/c1-12(2)22-19(27)23-16-9-5-14(6-10-16)18(26)25-20-24-17(11-28-20)13-3-7-15(21)8-4-13/h3-12H,1-2H3,(H2,22,23,27)(H,24,25,26). The van der Waals surface area contributed by atoms with Crippen molar-refractivity contribution < 1.29 is 9.59 Å². The Morgan fingerprint density at radius 2 is 1.68 bits per heavy atom. The van der Waals surface area contributed by atoms with Crippen LogP contribution in [0.1, 0.15) is 24.2 Å². The van der Waals surface area contributed by atoms with Gasteiger partial charge in [0.25, 0.3) is 5.91 Å². The Morgan fingerprint density at radius 1 is 1.00 bits per heavy atom. The number of halogens is 1. The maximum Gasteiger partial charge on any atom is 0.319 e. The van der Waals surface area contributed by atoms with Crippen LogP contribution < -0.4 is 16.0 Å². The zero-order valence-electron chi connectivity index (χ0n) is 15.3. The highest BCUT2D eigenvalue weighted by Gasteiger charge is 2.11. The summed E-state index contributed by atoms with van der Waals surface area (Å²) >= 11 is 7.25. The van der Waals surface area contributed by atoms with Crippen molar-refractivity contribution in [3.63, 3.8) is 0 Å². The molecule has 3 amide bonds. The average molecular weight is 415 g/mol. The lowest BCUT2D eigenvalue weighted by Crippen LogP contribution is -2.34. The van der Waals surface area contributed by atoms with Gasteiger partial charge in [-0.25, -0.2) is 9.78 Å². The van der Waals surface area contributed by atoms with Gasteiger partial charge < -0.3 is 10.6 Å². The fourth-order valence-electron chi connectivity index (χ4n) is 2.39. The molecule has 0 unspecified atom stereocenters. The van der Waals surface area contributed by atoms with Crippen molar-refractivity contribution in [3.05, 3.63) is 64.5 Å². The van der Waals surface area contributed by atoms with E-state index in [9.17, 15) is 9.59 Å². The van der Waals surface area contributed by atoms with Crippen molar-refractivity contribution in [1.82, 2.24) is 10.3 Å². The van der Waals surface area contributed by atoms with Gasteiger partial charge in [0.15, 0.2) is 5.13 Å². The van der Waals surface area contributed by atoms with E-state index in [1.807, 2.05) is 31.4 Å². The van der Waals surface area contributed by atoms with Crippen molar-refractivity contribution in [2.45, 2.75) is 19.9 Å². The smallest absolute Gasteiger partial charge is 0.319 e. The molecule has 0 fully saturated rings. The summed E-state index contributed by atoms with van der Waals surface area (Å²) in [6.07, 6.45) is 0. The van der Waals surface area contributed by atoms with Gasteiger partial charge in [-0.15, -0.1) is 11.3 Å². The van der Waals surface area contributed by atoms with Gasteiger partial charge in [-0.3, -0.25) is 10.1 Å². The van der Waals surface area contributed by atoms with Gasteiger partial charge in [0.2, 0.25) is 0 Å². The number of hydrogen-bond acceptors (Lipinski definition) is 4. The SMILES string of the molecule is CC(C)NC(=O)Nc1ccc(C(=O)Nc2nc(-c3ccc(Cl)cc3)cs2)cc1. The van der Waals surface area contributed by atoms with Crippen LogP contribution in [0.15, 0.2) is 53.9 Å². The molecular formula is C20H19ClN4O2S. The van der Waals surface area contributed by atoms with Gasteiger partial charge in [-0.1, -0.05) is 23.7 Å². The first kappa shape index (κ1) is 19.9. The first-order chi connectivity index (χ1) is 13.4. The van der Waals surface area contributed by atoms with E-state index >= 15 is 0 Å². The van der Waals surface area contributed by atoms with Gasteiger partial charge in [0.05, 0.1) is 5.69 Å². The molecule has 0 aliphatic rings. The van der Waals surface area contributed by atoms with E-state index in [0.29, 0.717) is 21.4 Å². The molecule has 0 aliphatic heterocycles. The van der Waals surface area contributed by atoms with E-state index < -0.39 is 0 Å². The van der Waals surface area contributed by atoms with E-state index in [0.717, 1.165) is 11.3 Å². The second-order valence-electron chi connectivity index (χ2n) is 6.33. The lowest BCUT2D eigenvalue weighted by atomic mass is 10.2. The number of hydrogen-bond donors (Lipinski definition) is 3. The molecule has 0 aliphatic carbocycles. The van der Waals surface area contributed by atoms with Crippen molar-refractivity contribution in [3.8, 4) is 11.3 Å². The molecular weight excluding hydrogens is 396 g/mol. The molecule has 0 saturated heterocycles. The topological polar surface area (TPSA) is 83.1 Å². The van der Waals surface area contributed by atoms with Gasteiger partial charge in [-0.2, -0.15) is 0 Å². The first-order valence-electron chi connectivity index (χ1n) is 8.61. The van der Waals surface area contributed by atoms with Crippen molar-refractivity contribution >= 4 is 45.7 Å². The Hall–Kier alpha value is -2.90. The fraction of sp³-hybridized carbons (Fsp3) is 0.150. The minimum absolute atomic E-state index is 0.0427. The molecule has 0 atom stereocenters. The summed E-state index contributed by atoms with van der Waals surface area (Å²) in [4.78, 5) is 28.6. The largest absolute Gasteiger partial charge is 0.336 e. The van der Waals surface area contributed by atoms with Crippen LogP contribution in [0.3, 0.4) is 0 Å². The Balaban J connectivity index is 1.62. The molecule has 3 N–H and O–H groups in total. The summed E-state index contributed by atoms with van der Waals surface area (Å²) in [5.41, 5.74) is 2.77. The third kappa shape index (κ3) is 5.31. The number of anilines is 2. The molecule has 28 heavy (non-hydrogen) atoms. The summed E-state index contributed by atoms with van der Waals surface area (Å²) in [5, 5.41) is 11.3. The number of nitrogens with one attached hydrogen (secondary N) is 3. The van der Waals surface area contributed by atoms with Crippen LogP contribution in [0.25, 0.3) is 11.3 Å². The second-order valence-corrected chi connectivity index (χ2v) is 7.62. The van der Waals surface area contributed by atoms with E-state index in [1.54, 1.807) is 36.4 Å². The lowest BCUT2D eigenvalue weighted by Gasteiger charge is -2.10. The van der Waals surface area contributed by atoms with Gasteiger partial charge in [-0.05, 0) is 50.2 Å². The van der Waals surface area contributed by atoms with E-state index in [1.165, 1.54) is 11.3 Å². The van der Waals surface area contributed by atoms with Crippen LogP contribution in [-0.2, 0) is 0 Å². The van der Waals surface area contributed by atoms with Crippen LogP contribution in [-0.4, -0.2) is 23.0 Å². The minimum Gasteiger partial charge on any atom is -0.336 e. The molecule has 0 radical (unpaired) electrons. The fourth-order valence-corrected chi connectivity index (χ4v) is 3.23. The lowest BCUT2D eigenvalue weighted by molar-refractivity contribution is 0.102. The van der Waals surface area contributed by atoms with Gasteiger partial charge in [0.1, 0.15) is 0 Å². The molecule has 0 saturated carbocycles. The number of carbonyl (C=O) groups is 2. The number of benzene rings is 2. The third-order valence-corrected chi connectivity index (χ3v) is 4.70. The predicted molar refractivity (Wildman–Crippen MR) is 114 cm³/mol. The quantitative estimate of drug-likeness (QED) is 0.533. The maximum atomic E-state index is 12.4. The molecule has 2 aromatic carbocycles. The first-order valence-corrected chi connectivity index (χ1v) is 9.87. The maximum absolute atomic E-state index is 12.4. The number of thiazole rings is 1. The highest BCUT2D eigenvalue weighted by Crippen LogP contribution is 2.26. The van der Waals surface area contributed by atoms with Crippen molar-refractivity contribution in [1.29, 1.82) is 0 Å². The third-order valence-electron chi connectivity index (χ3n) is 3.69. The number of nitrogens with zero attached hydrogens (tertiary/aromatic N) is 1. The van der Waals surface area contributed by atoms with Crippen LogP contribution in [0, 0.1) is 0 Å². The summed E-state index contributed by atoms with van der Waals surface area (Å²) in [7, 11) is 0. The Labute approximate surface area is 172 Å². The molecule has 3 aromatic rings. The number of amides is 3. The summed E-state index contributed by atoms with van der Waals surface area (Å²) in [6.45, 7) is 3.76. The number of carbonyl (C=O) groups excluding carboxylic acids is 2. The highest BCUT2D eigenvalue weighted by atomic mass is 35.5. The summed E-state index contributed by atoms with van der Waals surface area (Å²) in [6, 6.07) is 13.8. The molecule has 8 heteroatoms. The minimum atomic E-state index is -0.287. The molecule has 0 spiro atoms. The Bertz CT molecular complexity index is 969. The molecule has 144 valence electrons. The molecule has 6 nitrogen and oxygen atoms in total. The number of aromatic nitrogens is 1. The van der Waals surface area contributed by atoms with Crippen molar-refractivity contribution in [2.75, 3.05) is 10.6 Å². The molecule has 1 aromatic heterocycles. The van der Waals surface area contributed by atoms with Gasteiger partial charge >= 0.3 is 6.03 Å². The zero-order chi connectivity index (χ0) is 20.1. The van der Waals surface area contributed by atoms with Crippen LogP contribution in [0.4, 0.5) is 15.6 Å². The zero-order valence-corrected chi connectivity index (χ0v) is 16.9.